The van der Waals surface area contributed by atoms with Gasteiger partial charge >= 0.3 is 5.97 Å². The van der Waals surface area contributed by atoms with Crippen LogP contribution < -0.4 is 4.74 Å². The van der Waals surface area contributed by atoms with Crippen molar-refractivity contribution in [2.45, 2.75) is 51.1 Å². The largest absolute Gasteiger partial charge is 0.493 e. The number of benzene rings is 1. The Hall–Kier alpha value is -3.78. The van der Waals surface area contributed by atoms with Crippen LogP contribution in [0.3, 0.4) is 0 Å². The monoisotopic (exact) mass is 499 g/mol. The third kappa shape index (κ3) is 5.97. The SMILES string of the molecule is CN(C)Cc1cncc(C(CC(=O)O)n2ncc3cc(OCCc4ccc5c(n4)CCCC5)ccc32)c1. The maximum absolute atomic E-state index is 11.8. The average molecular weight is 500 g/mol. The number of aryl methyl sites for hydroxylation is 2. The number of carboxylic acids is 1. The molecule has 37 heavy (non-hydrogen) atoms. The van der Waals surface area contributed by atoms with Crippen molar-refractivity contribution in [3.8, 4) is 5.75 Å². The number of pyridine rings is 2. The molecule has 192 valence electrons. The van der Waals surface area contributed by atoms with Crippen LogP contribution in [0, 0.1) is 0 Å². The molecule has 1 aliphatic carbocycles. The number of fused-ring (bicyclic) bond motifs is 2. The number of aliphatic carboxylic acids is 1. The molecule has 1 N–H and O–H groups in total. The minimum absolute atomic E-state index is 0.0874. The zero-order valence-electron chi connectivity index (χ0n) is 21.4. The molecular weight excluding hydrogens is 466 g/mol. The highest BCUT2D eigenvalue weighted by Crippen LogP contribution is 2.29. The van der Waals surface area contributed by atoms with E-state index in [0.29, 0.717) is 6.61 Å². The highest BCUT2D eigenvalue weighted by Gasteiger charge is 2.22. The van der Waals surface area contributed by atoms with E-state index < -0.39 is 12.0 Å². The molecule has 3 aromatic heterocycles. The van der Waals surface area contributed by atoms with Gasteiger partial charge in [-0.1, -0.05) is 6.07 Å². The summed E-state index contributed by atoms with van der Waals surface area (Å²) in [5.74, 6) is -0.128. The van der Waals surface area contributed by atoms with Gasteiger partial charge in [0.05, 0.1) is 30.8 Å². The molecule has 0 bridgehead atoms. The second-order valence-electron chi connectivity index (χ2n) is 10.0. The first-order chi connectivity index (χ1) is 18.0. The summed E-state index contributed by atoms with van der Waals surface area (Å²) < 4.78 is 7.83. The van der Waals surface area contributed by atoms with E-state index in [1.54, 1.807) is 17.1 Å². The maximum Gasteiger partial charge on any atom is 0.305 e. The van der Waals surface area contributed by atoms with Crippen LogP contribution in [0.5, 0.6) is 5.75 Å². The predicted molar refractivity (Wildman–Crippen MR) is 142 cm³/mol. The number of carboxylic acid groups (broad SMARTS) is 1. The highest BCUT2D eigenvalue weighted by molar-refractivity contribution is 5.81. The summed E-state index contributed by atoms with van der Waals surface area (Å²) in [7, 11) is 3.98. The molecule has 0 fully saturated rings. The topological polar surface area (TPSA) is 93.4 Å². The van der Waals surface area contributed by atoms with Crippen molar-refractivity contribution in [3.63, 3.8) is 0 Å². The molecular formula is C29H33N5O3. The summed E-state index contributed by atoms with van der Waals surface area (Å²) in [4.78, 5) is 23.0. The number of hydrogen-bond acceptors (Lipinski definition) is 6. The van der Waals surface area contributed by atoms with Crippen LogP contribution in [0.15, 0.2) is 55.0 Å². The summed E-state index contributed by atoms with van der Waals surface area (Å²) in [5.41, 5.74) is 6.41. The summed E-state index contributed by atoms with van der Waals surface area (Å²) in [6.45, 7) is 1.26. The van der Waals surface area contributed by atoms with E-state index in [1.165, 1.54) is 24.1 Å². The van der Waals surface area contributed by atoms with E-state index >= 15 is 0 Å². The van der Waals surface area contributed by atoms with Crippen molar-refractivity contribution in [1.82, 2.24) is 24.6 Å². The van der Waals surface area contributed by atoms with Crippen molar-refractivity contribution >= 4 is 16.9 Å². The predicted octanol–water partition coefficient (Wildman–Crippen LogP) is 4.45. The molecule has 5 rings (SSSR count). The van der Waals surface area contributed by atoms with Gasteiger partial charge in [0, 0.05) is 42.1 Å². The Morgan fingerprint density at radius 3 is 2.81 bits per heavy atom. The Balaban J connectivity index is 1.32. The van der Waals surface area contributed by atoms with Crippen molar-refractivity contribution in [2.75, 3.05) is 20.7 Å². The number of hydrogen-bond donors (Lipinski definition) is 1. The van der Waals surface area contributed by atoms with Crippen LogP contribution in [0.2, 0.25) is 0 Å². The molecule has 4 aromatic rings. The summed E-state index contributed by atoms with van der Waals surface area (Å²) in [6, 6.07) is 11.7. The Bertz CT molecular complexity index is 1400. The number of ether oxygens (including phenoxy) is 1. The molecule has 0 aliphatic heterocycles. The Morgan fingerprint density at radius 1 is 1.11 bits per heavy atom. The number of aromatic nitrogens is 4. The standard InChI is InChI=1S/C29H33N5O3/c1-33(2)19-20-13-22(17-30-16-20)28(15-29(35)36)34-27-10-9-25(14-23(27)18-31-34)37-12-11-24-8-7-21-5-3-4-6-26(21)32-24/h7-10,13-14,16-18,28H,3-6,11-12,15,19H2,1-2H3,(H,35,36). The van der Waals surface area contributed by atoms with Gasteiger partial charge in [0.25, 0.3) is 0 Å². The van der Waals surface area contributed by atoms with E-state index in [2.05, 4.69) is 27.1 Å². The second-order valence-corrected chi connectivity index (χ2v) is 10.0. The first-order valence-corrected chi connectivity index (χ1v) is 12.8. The molecule has 0 saturated heterocycles. The van der Waals surface area contributed by atoms with Gasteiger partial charge in [-0.05, 0) is 86.8 Å². The van der Waals surface area contributed by atoms with Crippen molar-refractivity contribution in [3.05, 3.63) is 83.1 Å². The first kappa shape index (κ1) is 24.9. The van der Waals surface area contributed by atoms with Gasteiger partial charge in [0.1, 0.15) is 5.75 Å². The number of rotatable bonds is 10. The van der Waals surface area contributed by atoms with E-state index in [0.717, 1.165) is 59.3 Å². The molecule has 1 atom stereocenters. The zero-order chi connectivity index (χ0) is 25.8. The van der Waals surface area contributed by atoms with Crippen molar-refractivity contribution < 1.29 is 14.6 Å². The Kier molecular flexibility index (Phi) is 7.46. The van der Waals surface area contributed by atoms with E-state index in [1.807, 2.05) is 44.6 Å². The molecule has 1 aromatic carbocycles. The van der Waals surface area contributed by atoms with Crippen LogP contribution in [-0.2, 0) is 30.6 Å². The van der Waals surface area contributed by atoms with Gasteiger partial charge in [-0.25, -0.2) is 0 Å². The van der Waals surface area contributed by atoms with Crippen molar-refractivity contribution in [1.29, 1.82) is 0 Å². The molecule has 1 unspecified atom stereocenters. The van der Waals surface area contributed by atoms with E-state index in [-0.39, 0.29) is 6.42 Å². The summed E-state index contributed by atoms with van der Waals surface area (Å²) >= 11 is 0. The fourth-order valence-electron chi connectivity index (χ4n) is 5.06. The highest BCUT2D eigenvalue weighted by atomic mass is 16.5. The summed E-state index contributed by atoms with van der Waals surface area (Å²) in [6.07, 6.45) is 10.7. The maximum atomic E-state index is 11.8. The molecule has 0 amide bonds. The smallest absolute Gasteiger partial charge is 0.305 e. The fourth-order valence-corrected chi connectivity index (χ4v) is 5.06. The van der Waals surface area contributed by atoms with E-state index in [4.69, 9.17) is 9.72 Å². The van der Waals surface area contributed by atoms with Crippen LogP contribution >= 0.6 is 0 Å². The fraction of sp³-hybridized carbons (Fsp3) is 0.379. The van der Waals surface area contributed by atoms with Crippen LogP contribution in [-0.4, -0.2) is 56.4 Å². The lowest BCUT2D eigenvalue weighted by Crippen LogP contribution is -2.17. The quantitative estimate of drug-likeness (QED) is 0.344. The normalized spacial score (nSPS) is 14.0. The van der Waals surface area contributed by atoms with Gasteiger partial charge < -0.3 is 14.7 Å². The Morgan fingerprint density at radius 2 is 1.97 bits per heavy atom. The molecule has 8 heteroatoms. The lowest BCUT2D eigenvalue weighted by atomic mass is 9.96. The molecule has 3 heterocycles. The van der Waals surface area contributed by atoms with Crippen LogP contribution in [0.1, 0.15) is 53.4 Å². The van der Waals surface area contributed by atoms with Crippen LogP contribution in [0.4, 0.5) is 0 Å². The van der Waals surface area contributed by atoms with Gasteiger partial charge in [0.2, 0.25) is 0 Å². The molecule has 1 aliphatic rings. The van der Waals surface area contributed by atoms with Crippen LogP contribution in [0.25, 0.3) is 10.9 Å². The lowest BCUT2D eigenvalue weighted by molar-refractivity contribution is -0.137. The third-order valence-electron chi connectivity index (χ3n) is 6.79. The lowest BCUT2D eigenvalue weighted by Gasteiger charge is -2.19. The molecule has 8 nitrogen and oxygen atoms in total. The van der Waals surface area contributed by atoms with Crippen molar-refractivity contribution in [2.24, 2.45) is 0 Å². The van der Waals surface area contributed by atoms with Gasteiger partial charge in [-0.2, -0.15) is 5.10 Å². The average Bonchev–Trinajstić information content (AvgIpc) is 3.30. The molecule has 0 saturated carbocycles. The minimum Gasteiger partial charge on any atom is -0.493 e. The number of nitrogens with zero attached hydrogens (tertiary/aromatic N) is 5. The van der Waals surface area contributed by atoms with Gasteiger partial charge in [-0.15, -0.1) is 0 Å². The summed E-state index contributed by atoms with van der Waals surface area (Å²) in [5, 5.41) is 15.1. The molecule has 0 radical (unpaired) electrons. The molecule has 0 spiro atoms. The van der Waals surface area contributed by atoms with E-state index in [9.17, 15) is 9.90 Å². The number of carbonyl (C=O) groups is 1. The Labute approximate surface area is 216 Å². The zero-order valence-corrected chi connectivity index (χ0v) is 21.4. The third-order valence-corrected chi connectivity index (χ3v) is 6.79. The van der Waals surface area contributed by atoms with Gasteiger partial charge in [0.15, 0.2) is 0 Å². The first-order valence-electron chi connectivity index (χ1n) is 12.8. The minimum atomic E-state index is -0.887. The van der Waals surface area contributed by atoms with Gasteiger partial charge in [-0.3, -0.25) is 19.4 Å². The second kappa shape index (κ2) is 11.1.